The summed E-state index contributed by atoms with van der Waals surface area (Å²) >= 11 is 0. The smallest absolute Gasteiger partial charge is 0.280 e. The second-order valence-corrected chi connectivity index (χ2v) is 5.14. The van der Waals surface area contributed by atoms with Crippen LogP contribution in [0.2, 0.25) is 0 Å². The van der Waals surface area contributed by atoms with Gasteiger partial charge >= 0.3 is 0 Å². The normalized spacial score (nSPS) is 14.4. The molecule has 0 atom stereocenters. The van der Waals surface area contributed by atoms with Gasteiger partial charge in [-0.3, -0.25) is 14.8 Å². The molecule has 0 radical (unpaired) electrons. The number of aliphatic imine (C=N–C) groups is 2. The van der Waals surface area contributed by atoms with Crippen molar-refractivity contribution in [3.8, 4) is 0 Å². The van der Waals surface area contributed by atoms with E-state index in [-0.39, 0.29) is 5.71 Å². The molecule has 0 spiro atoms. The van der Waals surface area contributed by atoms with Crippen molar-refractivity contribution in [2.75, 3.05) is 0 Å². The molecule has 0 unspecified atom stereocenters. The van der Waals surface area contributed by atoms with Crippen molar-refractivity contribution in [2.45, 2.75) is 19.5 Å². The highest BCUT2D eigenvalue weighted by atomic mass is 19.3. The van der Waals surface area contributed by atoms with Gasteiger partial charge in [0, 0.05) is 11.1 Å². The average molecular weight is 312 g/mol. The van der Waals surface area contributed by atoms with Gasteiger partial charge in [0.05, 0.1) is 13.1 Å². The number of alkyl halides is 2. The van der Waals surface area contributed by atoms with Crippen molar-refractivity contribution >= 4 is 17.7 Å². The first-order valence-corrected chi connectivity index (χ1v) is 7.19. The molecule has 0 fully saturated rings. The number of carbonyl (C=O) groups excluding carboxylic acids is 1. The van der Waals surface area contributed by atoms with Crippen molar-refractivity contribution in [3.63, 3.8) is 0 Å². The van der Waals surface area contributed by atoms with Crippen molar-refractivity contribution in [1.82, 2.24) is 0 Å². The molecule has 0 N–H and O–H groups in total. The highest BCUT2D eigenvalue weighted by Crippen LogP contribution is 2.21. The summed E-state index contributed by atoms with van der Waals surface area (Å²) in [4.78, 5) is 18.3. The molecule has 2 aromatic carbocycles. The summed E-state index contributed by atoms with van der Waals surface area (Å²) in [6.45, 7) is 1.06. The van der Waals surface area contributed by atoms with E-state index in [1.54, 1.807) is 12.1 Å². The molecule has 5 heteroatoms. The van der Waals surface area contributed by atoms with Gasteiger partial charge in [-0.2, -0.15) is 0 Å². The van der Waals surface area contributed by atoms with Crippen LogP contribution in [0.1, 0.15) is 22.3 Å². The van der Waals surface area contributed by atoms with Gasteiger partial charge in [0.2, 0.25) is 0 Å². The third kappa shape index (κ3) is 3.08. The van der Waals surface area contributed by atoms with Gasteiger partial charge in [-0.1, -0.05) is 48.5 Å². The lowest BCUT2D eigenvalue weighted by molar-refractivity contribution is -0.102. The highest BCUT2D eigenvalue weighted by molar-refractivity contribution is 6.37. The first-order chi connectivity index (χ1) is 11.2. The first kappa shape index (κ1) is 15.2. The Morgan fingerprint density at radius 1 is 0.870 bits per heavy atom. The Balaban J connectivity index is 0.000000136. The van der Waals surface area contributed by atoms with Gasteiger partial charge < -0.3 is 0 Å². The van der Waals surface area contributed by atoms with Gasteiger partial charge in [0.15, 0.2) is 6.29 Å². The fourth-order valence-corrected chi connectivity index (χ4v) is 2.61. The van der Waals surface area contributed by atoms with Gasteiger partial charge in [-0.05, 0) is 11.1 Å². The van der Waals surface area contributed by atoms with E-state index in [2.05, 4.69) is 9.98 Å². The van der Waals surface area contributed by atoms with Crippen LogP contribution in [0.15, 0.2) is 58.5 Å². The zero-order valence-corrected chi connectivity index (χ0v) is 12.2. The Labute approximate surface area is 132 Å². The molecule has 0 saturated heterocycles. The number of rotatable bonds is 2. The van der Waals surface area contributed by atoms with Crippen LogP contribution in [0.5, 0.6) is 0 Å². The Morgan fingerprint density at radius 3 is 2.09 bits per heavy atom. The van der Waals surface area contributed by atoms with Crippen LogP contribution in [-0.2, 0) is 17.9 Å². The molecule has 0 saturated carbocycles. The summed E-state index contributed by atoms with van der Waals surface area (Å²) in [6.07, 6.45) is -1.64. The molecule has 2 heterocycles. The maximum absolute atomic E-state index is 12.3. The lowest BCUT2D eigenvalue weighted by atomic mass is 10.1. The Kier molecular flexibility index (Phi) is 4.37. The van der Waals surface area contributed by atoms with E-state index in [4.69, 9.17) is 0 Å². The lowest BCUT2D eigenvalue weighted by Crippen LogP contribution is -2.09. The predicted molar refractivity (Wildman–Crippen MR) is 85.4 cm³/mol. The molecule has 2 aliphatic rings. The summed E-state index contributed by atoms with van der Waals surface area (Å²) < 4.78 is 24.6. The van der Waals surface area contributed by atoms with Crippen LogP contribution in [0.25, 0.3) is 0 Å². The highest BCUT2D eigenvalue weighted by Gasteiger charge is 2.22. The quantitative estimate of drug-likeness (QED) is 0.783. The number of benzene rings is 2. The molecule has 2 aliphatic heterocycles. The molecule has 0 aromatic heterocycles. The molecule has 3 nitrogen and oxygen atoms in total. The minimum Gasteiger partial charge on any atom is -0.296 e. The summed E-state index contributed by atoms with van der Waals surface area (Å²) in [7, 11) is 0. The van der Waals surface area contributed by atoms with E-state index in [0.717, 1.165) is 23.0 Å². The number of hydrogen-bond acceptors (Lipinski definition) is 3. The van der Waals surface area contributed by atoms with Crippen LogP contribution in [0, 0.1) is 0 Å². The standard InChI is InChI=1S/C9H7F2N.C9H7NO/c10-9(11)8-7-4-2-1-3-6(7)5-12-8;11-6-9-8-4-2-1-3-7(8)5-10-9/h1-4,9H,5H2;1-4,6H,5H2. The minimum atomic E-state index is -2.45. The monoisotopic (exact) mass is 312 g/mol. The van der Waals surface area contributed by atoms with E-state index < -0.39 is 6.43 Å². The maximum atomic E-state index is 12.3. The SMILES string of the molecule is FC(F)C1=NCc2ccccc21.O=CC1=NCc2ccccc21. The van der Waals surface area contributed by atoms with Gasteiger partial charge in [0.1, 0.15) is 11.4 Å². The summed E-state index contributed by atoms with van der Waals surface area (Å²) in [6, 6.07) is 14.9. The van der Waals surface area contributed by atoms with E-state index >= 15 is 0 Å². The second kappa shape index (κ2) is 6.60. The number of nitrogens with zero attached hydrogens (tertiary/aromatic N) is 2. The predicted octanol–water partition coefficient (Wildman–Crippen LogP) is 3.44. The van der Waals surface area contributed by atoms with Crippen molar-refractivity contribution in [3.05, 3.63) is 70.8 Å². The second-order valence-electron chi connectivity index (χ2n) is 5.14. The summed E-state index contributed by atoms with van der Waals surface area (Å²) in [5.74, 6) is 0. The lowest BCUT2D eigenvalue weighted by Gasteiger charge is -2.00. The number of carbonyl (C=O) groups is 1. The summed E-state index contributed by atoms with van der Waals surface area (Å²) in [5, 5.41) is 0. The largest absolute Gasteiger partial charge is 0.296 e. The molecular formula is C18H14F2N2O. The van der Waals surface area contributed by atoms with Crippen LogP contribution in [0.3, 0.4) is 0 Å². The van der Waals surface area contributed by atoms with Crippen LogP contribution in [0.4, 0.5) is 8.78 Å². The van der Waals surface area contributed by atoms with Gasteiger partial charge in [-0.25, -0.2) is 8.78 Å². The third-order valence-corrected chi connectivity index (χ3v) is 3.74. The first-order valence-electron chi connectivity index (χ1n) is 7.19. The maximum Gasteiger partial charge on any atom is 0.280 e. The molecule has 0 aliphatic carbocycles. The Hall–Kier alpha value is -2.69. The van der Waals surface area contributed by atoms with Crippen molar-refractivity contribution in [2.24, 2.45) is 9.98 Å². The van der Waals surface area contributed by atoms with E-state index in [1.165, 1.54) is 0 Å². The Bertz CT molecular complexity index is 797. The van der Waals surface area contributed by atoms with Crippen LogP contribution >= 0.6 is 0 Å². The van der Waals surface area contributed by atoms with Crippen LogP contribution < -0.4 is 0 Å². The minimum absolute atomic E-state index is 0.0643. The number of halogens is 2. The van der Waals surface area contributed by atoms with E-state index in [1.807, 2.05) is 36.4 Å². The van der Waals surface area contributed by atoms with E-state index in [9.17, 15) is 13.6 Å². The topological polar surface area (TPSA) is 41.8 Å². The molecular weight excluding hydrogens is 298 g/mol. The average Bonchev–Trinajstić information content (AvgIpc) is 3.19. The number of hydrogen-bond donors (Lipinski definition) is 0. The molecule has 116 valence electrons. The fraction of sp³-hybridized carbons (Fsp3) is 0.167. The molecule has 23 heavy (non-hydrogen) atoms. The number of fused-ring (bicyclic) bond motifs is 2. The van der Waals surface area contributed by atoms with Gasteiger partial charge in [-0.15, -0.1) is 0 Å². The molecule has 4 rings (SSSR count). The summed E-state index contributed by atoms with van der Waals surface area (Å²) in [5.41, 5.74) is 4.16. The van der Waals surface area contributed by atoms with Crippen molar-refractivity contribution < 1.29 is 13.6 Å². The van der Waals surface area contributed by atoms with Crippen LogP contribution in [-0.4, -0.2) is 24.1 Å². The zero-order chi connectivity index (χ0) is 16.2. The molecule has 0 amide bonds. The Morgan fingerprint density at radius 2 is 1.43 bits per heavy atom. The van der Waals surface area contributed by atoms with E-state index in [0.29, 0.717) is 24.4 Å². The number of aldehydes is 1. The fourth-order valence-electron chi connectivity index (χ4n) is 2.61. The van der Waals surface area contributed by atoms with Gasteiger partial charge in [0.25, 0.3) is 6.43 Å². The zero-order valence-electron chi connectivity index (χ0n) is 12.2. The third-order valence-electron chi connectivity index (χ3n) is 3.74. The molecule has 0 bridgehead atoms. The van der Waals surface area contributed by atoms with Crippen molar-refractivity contribution in [1.29, 1.82) is 0 Å². The molecule has 2 aromatic rings.